The maximum absolute atomic E-state index is 11.1. The molecule has 3 nitrogen and oxygen atoms in total. The molecule has 0 aliphatic rings. The molecular weight excluding hydrogens is 140 g/mol. The molecule has 64 valence electrons. The SMILES string of the molecule is C=C(C)C(=O)NC(C)(C)CN. The van der Waals surface area contributed by atoms with E-state index in [4.69, 9.17) is 5.73 Å². The van der Waals surface area contributed by atoms with Gasteiger partial charge in [0.15, 0.2) is 0 Å². The Morgan fingerprint density at radius 2 is 2.09 bits per heavy atom. The van der Waals surface area contributed by atoms with Crippen LogP contribution in [0.15, 0.2) is 12.2 Å². The van der Waals surface area contributed by atoms with Gasteiger partial charge in [-0.05, 0) is 20.8 Å². The molecule has 0 atom stereocenters. The van der Waals surface area contributed by atoms with E-state index >= 15 is 0 Å². The second kappa shape index (κ2) is 3.53. The predicted molar refractivity (Wildman–Crippen MR) is 46.1 cm³/mol. The summed E-state index contributed by atoms with van der Waals surface area (Å²) >= 11 is 0. The van der Waals surface area contributed by atoms with Gasteiger partial charge in [0, 0.05) is 17.7 Å². The summed E-state index contributed by atoms with van der Waals surface area (Å²) in [6, 6.07) is 0. The molecule has 0 unspecified atom stereocenters. The molecule has 0 bridgehead atoms. The number of carbonyl (C=O) groups excluding carboxylic acids is 1. The lowest BCUT2D eigenvalue weighted by Crippen LogP contribution is -2.49. The van der Waals surface area contributed by atoms with Crippen LogP contribution in [-0.2, 0) is 4.79 Å². The molecule has 11 heavy (non-hydrogen) atoms. The molecule has 0 rings (SSSR count). The molecule has 0 radical (unpaired) electrons. The summed E-state index contributed by atoms with van der Waals surface area (Å²) in [4.78, 5) is 11.1. The van der Waals surface area contributed by atoms with E-state index in [1.54, 1.807) is 6.92 Å². The van der Waals surface area contributed by atoms with Crippen LogP contribution in [0.5, 0.6) is 0 Å². The zero-order valence-corrected chi connectivity index (χ0v) is 7.40. The molecular formula is C8H16N2O. The van der Waals surface area contributed by atoms with E-state index in [-0.39, 0.29) is 11.4 Å². The van der Waals surface area contributed by atoms with Crippen LogP contribution in [-0.4, -0.2) is 18.0 Å². The molecule has 0 heterocycles. The third kappa shape index (κ3) is 3.78. The highest BCUT2D eigenvalue weighted by atomic mass is 16.1. The van der Waals surface area contributed by atoms with Crippen molar-refractivity contribution in [1.29, 1.82) is 0 Å². The Morgan fingerprint density at radius 1 is 1.64 bits per heavy atom. The van der Waals surface area contributed by atoms with Crippen molar-refractivity contribution < 1.29 is 4.79 Å². The van der Waals surface area contributed by atoms with Gasteiger partial charge in [-0.2, -0.15) is 0 Å². The lowest BCUT2D eigenvalue weighted by atomic mass is 10.1. The van der Waals surface area contributed by atoms with Crippen molar-refractivity contribution in [1.82, 2.24) is 5.32 Å². The van der Waals surface area contributed by atoms with Crippen molar-refractivity contribution in [2.45, 2.75) is 26.3 Å². The van der Waals surface area contributed by atoms with Gasteiger partial charge < -0.3 is 11.1 Å². The van der Waals surface area contributed by atoms with Crippen LogP contribution >= 0.6 is 0 Å². The van der Waals surface area contributed by atoms with Crippen LogP contribution < -0.4 is 11.1 Å². The average Bonchev–Trinajstić information content (AvgIpc) is 1.87. The Balaban J connectivity index is 4.04. The molecule has 0 spiro atoms. The van der Waals surface area contributed by atoms with E-state index in [1.807, 2.05) is 13.8 Å². The van der Waals surface area contributed by atoms with Gasteiger partial charge in [-0.3, -0.25) is 4.79 Å². The fourth-order valence-corrected chi connectivity index (χ4v) is 0.465. The minimum atomic E-state index is -0.337. The molecule has 0 aliphatic carbocycles. The van der Waals surface area contributed by atoms with Crippen molar-refractivity contribution in [2.75, 3.05) is 6.54 Å². The van der Waals surface area contributed by atoms with Crippen LogP contribution in [0.3, 0.4) is 0 Å². The van der Waals surface area contributed by atoms with Crippen molar-refractivity contribution in [3.8, 4) is 0 Å². The molecule has 0 aromatic carbocycles. The van der Waals surface area contributed by atoms with E-state index in [0.29, 0.717) is 12.1 Å². The third-order valence-corrected chi connectivity index (χ3v) is 1.35. The zero-order chi connectivity index (χ0) is 9.07. The van der Waals surface area contributed by atoms with E-state index in [9.17, 15) is 4.79 Å². The maximum atomic E-state index is 11.1. The predicted octanol–water partition coefficient (Wildman–Crippen LogP) is 0.416. The third-order valence-electron chi connectivity index (χ3n) is 1.35. The monoisotopic (exact) mass is 156 g/mol. The molecule has 0 aliphatic heterocycles. The molecule has 0 saturated carbocycles. The second-order valence-electron chi connectivity index (χ2n) is 3.32. The van der Waals surface area contributed by atoms with Gasteiger partial charge in [0.05, 0.1) is 0 Å². The van der Waals surface area contributed by atoms with Gasteiger partial charge in [-0.1, -0.05) is 6.58 Å². The van der Waals surface area contributed by atoms with Crippen molar-refractivity contribution >= 4 is 5.91 Å². The highest BCUT2D eigenvalue weighted by Gasteiger charge is 2.17. The van der Waals surface area contributed by atoms with Crippen molar-refractivity contribution in [3.05, 3.63) is 12.2 Å². The lowest BCUT2D eigenvalue weighted by molar-refractivity contribution is -0.118. The number of nitrogens with two attached hydrogens (primary N) is 1. The molecule has 0 fully saturated rings. The maximum Gasteiger partial charge on any atom is 0.246 e. The van der Waals surface area contributed by atoms with Gasteiger partial charge >= 0.3 is 0 Å². The molecule has 3 N–H and O–H groups in total. The zero-order valence-electron chi connectivity index (χ0n) is 7.40. The number of amides is 1. The molecule has 0 aromatic rings. The van der Waals surface area contributed by atoms with E-state index in [1.165, 1.54) is 0 Å². The topological polar surface area (TPSA) is 55.1 Å². The highest BCUT2D eigenvalue weighted by molar-refractivity contribution is 5.92. The van der Waals surface area contributed by atoms with Gasteiger partial charge in [0.1, 0.15) is 0 Å². The van der Waals surface area contributed by atoms with E-state index < -0.39 is 0 Å². The summed E-state index contributed by atoms with van der Waals surface area (Å²) in [5.41, 5.74) is 5.58. The summed E-state index contributed by atoms with van der Waals surface area (Å²) < 4.78 is 0. The first-order valence-corrected chi connectivity index (χ1v) is 3.57. The van der Waals surface area contributed by atoms with E-state index in [0.717, 1.165) is 0 Å². The summed E-state index contributed by atoms with van der Waals surface area (Å²) in [7, 11) is 0. The first kappa shape index (κ1) is 10.2. The van der Waals surface area contributed by atoms with Crippen LogP contribution in [0.2, 0.25) is 0 Å². The van der Waals surface area contributed by atoms with Gasteiger partial charge in [-0.15, -0.1) is 0 Å². The highest BCUT2D eigenvalue weighted by Crippen LogP contribution is 1.99. The van der Waals surface area contributed by atoms with Gasteiger partial charge in [0.2, 0.25) is 5.91 Å². The molecule has 0 saturated heterocycles. The van der Waals surface area contributed by atoms with Crippen LogP contribution in [0.4, 0.5) is 0 Å². The Morgan fingerprint density at radius 3 is 2.36 bits per heavy atom. The second-order valence-corrected chi connectivity index (χ2v) is 3.32. The summed E-state index contributed by atoms with van der Waals surface area (Å²) in [5, 5.41) is 2.74. The summed E-state index contributed by atoms with van der Waals surface area (Å²) in [6.07, 6.45) is 0. The van der Waals surface area contributed by atoms with Crippen molar-refractivity contribution in [2.24, 2.45) is 5.73 Å². The number of nitrogens with one attached hydrogen (secondary N) is 1. The number of hydrogen-bond acceptors (Lipinski definition) is 2. The Hall–Kier alpha value is -0.830. The minimum Gasteiger partial charge on any atom is -0.346 e. The van der Waals surface area contributed by atoms with Gasteiger partial charge in [-0.25, -0.2) is 0 Å². The normalized spacial score (nSPS) is 10.9. The fourth-order valence-electron chi connectivity index (χ4n) is 0.465. The van der Waals surface area contributed by atoms with Crippen molar-refractivity contribution in [3.63, 3.8) is 0 Å². The Bertz CT molecular complexity index is 173. The van der Waals surface area contributed by atoms with Gasteiger partial charge in [0.25, 0.3) is 0 Å². The Labute approximate surface area is 67.7 Å². The fraction of sp³-hybridized carbons (Fsp3) is 0.625. The average molecular weight is 156 g/mol. The number of rotatable bonds is 3. The number of carbonyl (C=O) groups is 1. The first-order valence-electron chi connectivity index (χ1n) is 3.57. The molecule has 0 aromatic heterocycles. The minimum absolute atomic E-state index is 0.138. The van der Waals surface area contributed by atoms with Crippen LogP contribution in [0.25, 0.3) is 0 Å². The first-order chi connectivity index (χ1) is 4.89. The Kier molecular flexibility index (Phi) is 3.26. The smallest absolute Gasteiger partial charge is 0.246 e. The van der Waals surface area contributed by atoms with E-state index in [2.05, 4.69) is 11.9 Å². The number of hydrogen-bond donors (Lipinski definition) is 2. The molecule has 3 heteroatoms. The summed E-state index contributed by atoms with van der Waals surface area (Å²) in [6.45, 7) is 9.35. The van der Waals surface area contributed by atoms with Crippen LogP contribution in [0, 0.1) is 0 Å². The standard InChI is InChI=1S/C8H16N2O/c1-6(2)7(11)10-8(3,4)5-9/h1,5,9H2,2-4H3,(H,10,11). The largest absolute Gasteiger partial charge is 0.346 e. The quantitative estimate of drug-likeness (QED) is 0.582. The van der Waals surface area contributed by atoms with Crippen LogP contribution in [0.1, 0.15) is 20.8 Å². The summed E-state index contributed by atoms with van der Waals surface area (Å²) in [5.74, 6) is -0.138. The molecule has 1 amide bonds. The lowest BCUT2D eigenvalue weighted by Gasteiger charge is -2.24.